The van der Waals surface area contributed by atoms with Crippen molar-refractivity contribution in [2.75, 3.05) is 18.4 Å². The molecule has 1 aliphatic rings. The van der Waals surface area contributed by atoms with Crippen molar-refractivity contribution in [1.29, 1.82) is 0 Å². The Labute approximate surface area is 134 Å². The Kier molecular flexibility index (Phi) is 4.80. The number of hydrogen-bond acceptors (Lipinski definition) is 5. The van der Waals surface area contributed by atoms with Gasteiger partial charge in [-0.3, -0.25) is 20.0 Å². The smallest absolute Gasteiger partial charge is 0.259 e. The van der Waals surface area contributed by atoms with Gasteiger partial charge in [-0.2, -0.15) is 0 Å². The lowest BCUT2D eigenvalue weighted by molar-refractivity contribution is 0.102. The summed E-state index contributed by atoms with van der Waals surface area (Å²) in [6, 6.07) is 3.61. The molecule has 0 atom stereocenters. The van der Waals surface area contributed by atoms with Gasteiger partial charge in [-0.05, 0) is 45.0 Å². The molecule has 0 aliphatic carbocycles. The molecule has 2 aromatic rings. The second-order valence-corrected chi connectivity index (χ2v) is 6.48. The molecule has 6 heteroatoms. The van der Waals surface area contributed by atoms with Gasteiger partial charge in [-0.15, -0.1) is 11.3 Å². The van der Waals surface area contributed by atoms with Gasteiger partial charge in [0.2, 0.25) is 0 Å². The molecule has 0 saturated carbocycles. The molecule has 116 valence electrons. The fourth-order valence-electron chi connectivity index (χ4n) is 2.56. The highest BCUT2D eigenvalue weighted by atomic mass is 32.1. The Morgan fingerprint density at radius 3 is 2.86 bits per heavy atom. The van der Waals surface area contributed by atoms with Gasteiger partial charge in [0.15, 0.2) is 5.13 Å². The van der Waals surface area contributed by atoms with Crippen molar-refractivity contribution in [2.24, 2.45) is 0 Å². The predicted octanol–water partition coefficient (Wildman–Crippen LogP) is 3.08. The van der Waals surface area contributed by atoms with Crippen molar-refractivity contribution in [3.05, 3.63) is 40.7 Å². The molecule has 0 radical (unpaired) electrons. The summed E-state index contributed by atoms with van der Waals surface area (Å²) in [6.07, 6.45) is 5.47. The molecule has 1 fully saturated rings. The lowest BCUT2D eigenvalue weighted by Crippen LogP contribution is -2.29. The Hall–Kier alpha value is -1.79. The topological polar surface area (TPSA) is 58.1 Å². The van der Waals surface area contributed by atoms with Crippen LogP contribution in [-0.2, 0) is 6.54 Å². The first kappa shape index (κ1) is 15.1. The van der Waals surface area contributed by atoms with Gasteiger partial charge in [0.1, 0.15) is 0 Å². The van der Waals surface area contributed by atoms with Crippen LogP contribution >= 0.6 is 11.3 Å². The fraction of sp³-hybridized carbons (Fsp3) is 0.438. The first-order valence-electron chi connectivity index (χ1n) is 7.61. The maximum Gasteiger partial charge on any atom is 0.259 e. The van der Waals surface area contributed by atoms with E-state index in [9.17, 15) is 4.79 Å². The zero-order chi connectivity index (χ0) is 15.4. The molecular formula is C16H20N4OS. The monoisotopic (exact) mass is 316 g/mol. The molecule has 1 aliphatic heterocycles. The summed E-state index contributed by atoms with van der Waals surface area (Å²) < 4.78 is 0. The number of aryl methyl sites for hydroxylation is 1. The van der Waals surface area contributed by atoms with Crippen molar-refractivity contribution in [1.82, 2.24) is 14.9 Å². The highest BCUT2D eigenvalue weighted by Crippen LogP contribution is 2.19. The van der Waals surface area contributed by atoms with Crippen molar-refractivity contribution in [3.8, 4) is 0 Å². The molecule has 1 N–H and O–H groups in total. The molecule has 0 aromatic carbocycles. The lowest BCUT2D eigenvalue weighted by atomic mass is 10.1. The quantitative estimate of drug-likeness (QED) is 0.942. The van der Waals surface area contributed by atoms with Crippen LogP contribution in [0.4, 0.5) is 5.13 Å². The number of pyridine rings is 1. The predicted molar refractivity (Wildman–Crippen MR) is 88.2 cm³/mol. The van der Waals surface area contributed by atoms with Gasteiger partial charge < -0.3 is 0 Å². The minimum absolute atomic E-state index is 0.161. The van der Waals surface area contributed by atoms with E-state index in [1.54, 1.807) is 12.3 Å². The average Bonchev–Trinajstić information content (AvgIpc) is 2.96. The van der Waals surface area contributed by atoms with Crippen LogP contribution < -0.4 is 5.32 Å². The van der Waals surface area contributed by atoms with Crippen LogP contribution in [0.5, 0.6) is 0 Å². The summed E-state index contributed by atoms with van der Waals surface area (Å²) in [5.74, 6) is -0.161. The van der Waals surface area contributed by atoms with Crippen LogP contribution in [-0.4, -0.2) is 33.9 Å². The SMILES string of the molecule is Cc1ccc(C(=O)Nc2nc(CN3CCCCC3)cs2)cn1. The number of anilines is 1. The normalized spacial score (nSPS) is 15.7. The molecule has 1 saturated heterocycles. The second-order valence-electron chi connectivity index (χ2n) is 5.62. The van der Waals surface area contributed by atoms with Gasteiger partial charge in [-0.25, -0.2) is 4.98 Å². The van der Waals surface area contributed by atoms with E-state index in [-0.39, 0.29) is 5.91 Å². The molecule has 3 heterocycles. The third kappa shape index (κ3) is 3.90. The zero-order valence-electron chi connectivity index (χ0n) is 12.7. The van der Waals surface area contributed by atoms with Crippen molar-refractivity contribution >= 4 is 22.4 Å². The fourth-order valence-corrected chi connectivity index (χ4v) is 3.25. The molecule has 0 bridgehead atoms. The number of hydrogen-bond donors (Lipinski definition) is 1. The van der Waals surface area contributed by atoms with Gasteiger partial charge in [0.25, 0.3) is 5.91 Å². The number of likely N-dealkylation sites (tertiary alicyclic amines) is 1. The summed E-state index contributed by atoms with van der Waals surface area (Å²) in [6.45, 7) is 5.07. The zero-order valence-corrected chi connectivity index (χ0v) is 13.5. The summed E-state index contributed by atoms with van der Waals surface area (Å²) >= 11 is 1.47. The van der Waals surface area contributed by atoms with E-state index >= 15 is 0 Å². The van der Waals surface area contributed by atoms with Gasteiger partial charge in [0, 0.05) is 23.8 Å². The summed E-state index contributed by atoms with van der Waals surface area (Å²) in [4.78, 5) is 23.2. The van der Waals surface area contributed by atoms with Crippen LogP contribution in [0.3, 0.4) is 0 Å². The maximum absolute atomic E-state index is 12.1. The number of thiazole rings is 1. The molecule has 3 rings (SSSR count). The maximum atomic E-state index is 12.1. The average molecular weight is 316 g/mol. The number of carbonyl (C=O) groups excluding carboxylic acids is 1. The number of nitrogens with one attached hydrogen (secondary N) is 1. The van der Waals surface area contributed by atoms with Gasteiger partial charge in [0.05, 0.1) is 11.3 Å². The Bertz CT molecular complexity index is 632. The first-order chi connectivity index (χ1) is 10.7. The van der Waals surface area contributed by atoms with Crippen molar-refractivity contribution in [3.63, 3.8) is 0 Å². The highest BCUT2D eigenvalue weighted by molar-refractivity contribution is 7.13. The van der Waals surface area contributed by atoms with Gasteiger partial charge in [-0.1, -0.05) is 6.42 Å². The van der Waals surface area contributed by atoms with E-state index < -0.39 is 0 Å². The van der Waals surface area contributed by atoms with E-state index in [2.05, 4.69) is 20.2 Å². The number of rotatable bonds is 4. The van der Waals surface area contributed by atoms with Crippen LogP contribution in [0, 0.1) is 6.92 Å². The minimum Gasteiger partial charge on any atom is -0.298 e. The third-order valence-corrected chi connectivity index (χ3v) is 4.59. The summed E-state index contributed by atoms with van der Waals surface area (Å²) in [7, 11) is 0. The van der Waals surface area contributed by atoms with E-state index in [1.165, 1.54) is 30.6 Å². The largest absolute Gasteiger partial charge is 0.298 e. The van der Waals surface area contributed by atoms with Gasteiger partial charge >= 0.3 is 0 Å². The molecule has 0 unspecified atom stereocenters. The minimum atomic E-state index is -0.161. The number of carbonyl (C=O) groups is 1. The van der Waals surface area contributed by atoms with Crippen molar-refractivity contribution < 1.29 is 4.79 Å². The number of aromatic nitrogens is 2. The molecule has 0 spiro atoms. The molecule has 22 heavy (non-hydrogen) atoms. The Morgan fingerprint density at radius 1 is 1.32 bits per heavy atom. The summed E-state index contributed by atoms with van der Waals surface area (Å²) in [5.41, 5.74) is 2.48. The molecule has 1 amide bonds. The third-order valence-electron chi connectivity index (χ3n) is 3.78. The Morgan fingerprint density at radius 2 is 2.14 bits per heavy atom. The Balaban J connectivity index is 1.58. The van der Waals surface area contributed by atoms with Crippen LogP contribution in [0.25, 0.3) is 0 Å². The van der Waals surface area contributed by atoms with Crippen molar-refractivity contribution in [2.45, 2.75) is 32.7 Å². The molecule has 2 aromatic heterocycles. The van der Waals surface area contributed by atoms with E-state index in [4.69, 9.17) is 0 Å². The number of piperidine rings is 1. The lowest BCUT2D eigenvalue weighted by Gasteiger charge is -2.25. The van der Waals surface area contributed by atoms with E-state index in [1.807, 2.05) is 18.4 Å². The van der Waals surface area contributed by atoms with E-state index in [0.717, 1.165) is 31.0 Å². The molecule has 5 nitrogen and oxygen atoms in total. The first-order valence-corrected chi connectivity index (χ1v) is 8.49. The van der Waals surface area contributed by atoms with Crippen LogP contribution in [0.2, 0.25) is 0 Å². The number of amides is 1. The second kappa shape index (κ2) is 6.98. The van der Waals surface area contributed by atoms with E-state index in [0.29, 0.717) is 10.7 Å². The standard InChI is InChI=1S/C16H20N4OS/c1-12-5-6-13(9-17-12)15(21)19-16-18-14(11-22-16)10-20-7-3-2-4-8-20/h5-6,9,11H,2-4,7-8,10H2,1H3,(H,18,19,21). The summed E-state index contributed by atoms with van der Waals surface area (Å²) in [5, 5.41) is 5.52. The highest BCUT2D eigenvalue weighted by Gasteiger charge is 2.13. The number of nitrogens with zero attached hydrogens (tertiary/aromatic N) is 3. The molecular weight excluding hydrogens is 296 g/mol. The van der Waals surface area contributed by atoms with Crippen LogP contribution in [0.15, 0.2) is 23.7 Å². The van der Waals surface area contributed by atoms with Crippen LogP contribution in [0.1, 0.15) is 41.0 Å².